The Kier molecular flexibility index (Phi) is 8.42. The largest absolute Gasteiger partial charge is 0.481 e. The second-order valence-corrected chi connectivity index (χ2v) is 11.1. The van der Waals surface area contributed by atoms with Gasteiger partial charge in [0.25, 0.3) is 0 Å². The van der Waals surface area contributed by atoms with Crippen LogP contribution in [0, 0.1) is 5.82 Å². The molecule has 0 spiro atoms. The molecule has 0 fully saturated rings. The molecular weight excluding hydrogens is 475 g/mol. The molecule has 0 saturated carbocycles. The number of benzene rings is 1. The zero-order chi connectivity index (χ0) is 25.9. The normalized spacial score (nSPS) is 16.4. The topological polar surface area (TPSA) is 128 Å². The molecule has 0 saturated heterocycles. The lowest BCUT2D eigenvalue weighted by molar-refractivity contribution is -0.139. The highest BCUT2D eigenvalue weighted by Gasteiger charge is 2.29. The molecule has 2 atom stereocenters. The van der Waals surface area contributed by atoms with Gasteiger partial charge < -0.3 is 15.3 Å². The van der Waals surface area contributed by atoms with Gasteiger partial charge in [-0.1, -0.05) is 38.1 Å². The molecule has 0 amide bonds. The third kappa shape index (κ3) is 6.72. The van der Waals surface area contributed by atoms with Crippen molar-refractivity contribution in [3.63, 3.8) is 0 Å². The molecule has 190 valence electrons. The minimum atomic E-state index is -3.45. The molecule has 8 nitrogen and oxygen atoms in total. The van der Waals surface area contributed by atoms with E-state index in [1.165, 1.54) is 22.5 Å². The smallest absolute Gasteiger partial charge is 0.305 e. The second kappa shape index (κ2) is 10.9. The third-order valence-corrected chi connectivity index (χ3v) is 7.19. The molecule has 35 heavy (non-hydrogen) atoms. The number of carbonyl (C=O) groups is 1. The van der Waals surface area contributed by atoms with Gasteiger partial charge in [-0.15, -0.1) is 0 Å². The number of carboxylic acids is 1. The fourth-order valence-corrected chi connectivity index (χ4v) is 5.05. The van der Waals surface area contributed by atoms with E-state index in [0.717, 1.165) is 23.2 Å². The van der Waals surface area contributed by atoms with Gasteiger partial charge in [-0.2, -0.15) is 4.31 Å². The van der Waals surface area contributed by atoms with Crippen molar-refractivity contribution in [2.75, 3.05) is 12.8 Å². The summed E-state index contributed by atoms with van der Waals surface area (Å²) in [6.07, 6.45) is 1.75. The van der Waals surface area contributed by atoms with Crippen LogP contribution in [0.25, 0.3) is 17.2 Å². The van der Waals surface area contributed by atoms with Crippen LogP contribution < -0.4 is 0 Å². The van der Waals surface area contributed by atoms with Crippen molar-refractivity contribution in [1.29, 1.82) is 0 Å². The predicted molar refractivity (Wildman–Crippen MR) is 131 cm³/mol. The highest BCUT2D eigenvalue weighted by atomic mass is 32.2. The standard InChI is InChI=1S/C25H31FN2O6S/c1-15(2)25-20(9-8-18(29)12-19(30)13-23(31)32)24(16-4-6-17(26)7-5-16)21-14-28(35(3,33)34)11-10-22(21)27-25/h4-9,15,18-19,29-30H,10-14H2,1-3H3,(H,31,32)/b9-8+/t18-,19-/m1/s1. The van der Waals surface area contributed by atoms with E-state index in [9.17, 15) is 27.8 Å². The third-order valence-electron chi connectivity index (χ3n) is 5.94. The number of aliphatic hydroxyl groups is 2. The minimum Gasteiger partial charge on any atom is -0.481 e. The Morgan fingerprint density at radius 2 is 1.89 bits per heavy atom. The first-order valence-electron chi connectivity index (χ1n) is 11.4. The molecule has 2 aromatic rings. The highest BCUT2D eigenvalue weighted by Crippen LogP contribution is 2.38. The lowest BCUT2D eigenvalue weighted by Gasteiger charge is -2.30. The van der Waals surface area contributed by atoms with E-state index in [4.69, 9.17) is 10.1 Å². The molecule has 1 aliphatic heterocycles. The lowest BCUT2D eigenvalue weighted by atomic mass is 9.87. The maximum absolute atomic E-state index is 13.7. The van der Waals surface area contributed by atoms with Crippen molar-refractivity contribution in [3.05, 3.63) is 58.7 Å². The molecule has 0 unspecified atom stereocenters. The van der Waals surface area contributed by atoms with Gasteiger partial charge in [0.05, 0.1) is 30.6 Å². The number of sulfonamides is 1. The molecule has 0 aliphatic carbocycles. The van der Waals surface area contributed by atoms with Gasteiger partial charge in [-0.3, -0.25) is 9.78 Å². The SMILES string of the molecule is CC(C)c1nc2c(c(-c3ccc(F)cc3)c1/C=C/[C@@H](O)C[C@@H](O)CC(=O)O)CN(S(C)(=O)=O)CC2. The number of hydrogen-bond acceptors (Lipinski definition) is 6. The van der Waals surface area contributed by atoms with Gasteiger partial charge in [-0.25, -0.2) is 12.8 Å². The zero-order valence-electron chi connectivity index (χ0n) is 20.0. The summed E-state index contributed by atoms with van der Waals surface area (Å²) in [7, 11) is -3.45. The minimum absolute atomic E-state index is 0.0122. The number of aliphatic carboxylic acids is 1. The molecule has 3 N–H and O–H groups in total. The molecule has 2 heterocycles. The molecule has 0 radical (unpaired) electrons. The van der Waals surface area contributed by atoms with Crippen LogP contribution in [0.1, 0.15) is 55.1 Å². The summed E-state index contributed by atoms with van der Waals surface area (Å²) in [6, 6.07) is 5.91. The van der Waals surface area contributed by atoms with Gasteiger partial charge in [0.15, 0.2) is 0 Å². The molecule has 3 rings (SSSR count). The quantitative estimate of drug-likeness (QED) is 0.477. The van der Waals surface area contributed by atoms with E-state index in [1.54, 1.807) is 18.2 Å². The number of carboxylic acid groups (broad SMARTS) is 1. The summed E-state index contributed by atoms with van der Waals surface area (Å²) in [5.41, 5.74) is 4.29. The number of hydrogen-bond donors (Lipinski definition) is 3. The van der Waals surface area contributed by atoms with Crippen molar-refractivity contribution in [3.8, 4) is 11.1 Å². The first-order valence-corrected chi connectivity index (χ1v) is 13.2. The van der Waals surface area contributed by atoms with E-state index in [-0.39, 0.29) is 18.9 Å². The molecule has 1 aliphatic rings. The fraction of sp³-hybridized carbons (Fsp3) is 0.440. The summed E-state index contributed by atoms with van der Waals surface area (Å²) in [5, 5.41) is 29.1. The summed E-state index contributed by atoms with van der Waals surface area (Å²) < 4.78 is 39.7. The number of aliphatic hydroxyl groups excluding tert-OH is 2. The number of halogens is 1. The van der Waals surface area contributed by atoms with Crippen molar-refractivity contribution in [1.82, 2.24) is 9.29 Å². The number of pyridine rings is 1. The van der Waals surface area contributed by atoms with E-state index >= 15 is 0 Å². The van der Waals surface area contributed by atoms with Gasteiger partial charge in [0, 0.05) is 37.2 Å². The maximum atomic E-state index is 13.7. The zero-order valence-corrected chi connectivity index (χ0v) is 20.8. The van der Waals surface area contributed by atoms with Crippen molar-refractivity contribution in [2.45, 2.75) is 57.8 Å². The first-order chi connectivity index (χ1) is 16.4. The van der Waals surface area contributed by atoms with Crippen LogP contribution in [0.2, 0.25) is 0 Å². The van der Waals surface area contributed by atoms with Gasteiger partial charge >= 0.3 is 5.97 Å². The molecule has 0 bridgehead atoms. The highest BCUT2D eigenvalue weighted by molar-refractivity contribution is 7.88. The number of nitrogens with zero attached hydrogens (tertiary/aromatic N) is 2. The van der Waals surface area contributed by atoms with Crippen LogP contribution >= 0.6 is 0 Å². The van der Waals surface area contributed by atoms with E-state index in [1.807, 2.05) is 13.8 Å². The van der Waals surface area contributed by atoms with E-state index in [0.29, 0.717) is 29.7 Å². The maximum Gasteiger partial charge on any atom is 0.305 e. The van der Waals surface area contributed by atoms with Gasteiger partial charge in [-0.05, 0) is 34.7 Å². The van der Waals surface area contributed by atoms with Crippen LogP contribution in [-0.2, 0) is 27.8 Å². The Morgan fingerprint density at radius 1 is 1.23 bits per heavy atom. The monoisotopic (exact) mass is 506 g/mol. The molecule has 1 aromatic carbocycles. The van der Waals surface area contributed by atoms with Crippen molar-refractivity contribution < 1.29 is 32.9 Å². The number of aromatic nitrogens is 1. The Hall–Kier alpha value is -2.66. The van der Waals surface area contributed by atoms with Gasteiger partial charge in [0.1, 0.15) is 5.82 Å². The lowest BCUT2D eigenvalue weighted by Crippen LogP contribution is -2.36. The van der Waals surface area contributed by atoms with Crippen LogP contribution in [0.3, 0.4) is 0 Å². The van der Waals surface area contributed by atoms with Crippen molar-refractivity contribution in [2.24, 2.45) is 0 Å². The average Bonchev–Trinajstić information content (AvgIpc) is 2.75. The Balaban J connectivity index is 2.15. The number of fused-ring (bicyclic) bond motifs is 1. The summed E-state index contributed by atoms with van der Waals surface area (Å²) in [6.45, 7) is 4.37. The van der Waals surface area contributed by atoms with Crippen molar-refractivity contribution >= 4 is 22.1 Å². The first kappa shape index (κ1) is 26.9. The Bertz CT molecular complexity index is 1210. The summed E-state index contributed by atoms with van der Waals surface area (Å²) in [4.78, 5) is 15.7. The Labute approximate surface area is 204 Å². The molecular formula is C25H31FN2O6S. The average molecular weight is 507 g/mol. The van der Waals surface area contributed by atoms with Crippen LogP contribution in [0.15, 0.2) is 30.3 Å². The Morgan fingerprint density at radius 3 is 2.46 bits per heavy atom. The van der Waals surface area contributed by atoms with Crippen LogP contribution in [0.5, 0.6) is 0 Å². The second-order valence-electron chi connectivity index (χ2n) is 9.13. The fourth-order valence-electron chi connectivity index (χ4n) is 4.26. The van der Waals surface area contributed by atoms with Crippen LogP contribution in [-0.4, -0.2) is 64.0 Å². The number of rotatable bonds is 9. The van der Waals surface area contributed by atoms with Crippen LogP contribution in [0.4, 0.5) is 4.39 Å². The van der Waals surface area contributed by atoms with E-state index < -0.39 is 40.4 Å². The molecule has 1 aromatic heterocycles. The summed E-state index contributed by atoms with van der Waals surface area (Å²) >= 11 is 0. The predicted octanol–water partition coefficient (Wildman–Crippen LogP) is 2.93. The molecule has 10 heteroatoms. The van der Waals surface area contributed by atoms with E-state index in [2.05, 4.69) is 0 Å². The summed E-state index contributed by atoms with van der Waals surface area (Å²) in [5.74, 6) is -1.58. The van der Waals surface area contributed by atoms with Gasteiger partial charge in [0.2, 0.25) is 10.0 Å².